The van der Waals surface area contributed by atoms with Crippen molar-refractivity contribution in [3.05, 3.63) is 11.7 Å². The highest BCUT2D eigenvalue weighted by atomic mass is 32.2. The van der Waals surface area contributed by atoms with Gasteiger partial charge in [-0.2, -0.15) is 16.7 Å². The number of nitrogens with two attached hydrogens (primary N) is 1. The van der Waals surface area contributed by atoms with Crippen LogP contribution in [0.1, 0.15) is 62.4 Å². The molecule has 2 atom stereocenters. The quantitative estimate of drug-likeness (QED) is 0.843. The molecule has 112 valence electrons. The zero-order valence-corrected chi connectivity index (χ0v) is 13.6. The molecule has 0 spiro atoms. The van der Waals surface area contributed by atoms with Crippen LogP contribution in [0.2, 0.25) is 0 Å². The van der Waals surface area contributed by atoms with Gasteiger partial charge in [-0.3, -0.25) is 0 Å². The van der Waals surface area contributed by atoms with E-state index in [1.807, 2.05) is 23.5 Å². The van der Waals surface area contributed by atoms with E-state index in [2.05, 4.69) is 17.1 Å². The van der Waals surface area contributed by atoms with E-state index in [9.17, 15) is 0 Å². The van der Waals surface area contributed by atoms with Gasteiger partial charge >= 0.3 is 0 Å². The van der Waals surface area contributed by atoms with E-state index in [-0.39, 0.29) is 0 Å². The molecule has 1 aromatic rings. The standard InChI is InChI=1S/C14H23N3OS2/c1-10-11(20-9-8-19-10)12-16-13(18-17-12)14(15)6-4-2-3-5-7-14/h10-11H,2-9,15H2,1H3. The van der Waals surface area contributed by atoms with Crippen LogP contribution in [0.5, 0.6) is 0 Å². The van der Waals surface area contributed by atoms with Crippen LogP contribution in [0.4, 0.5) is 0 Å². The number of hydrogen-bond acceptors (Lipinski definition) is 6. The third-order valence-corrected chi connectivity index (χ3v) is 7.39. The highest BCUT2D eigenvalue weighted by Crippen LogP contribution is 2.42. The maximum atomic E-state index is 6.55. The fourth-order valence-electron chi connectivity index (χ4n) is 3.04. The second-order valence-electron chi connectivity index (χ2n) is 5.90. The van der Waals surface area contributed by atoms with Gasteiger partial charge in [-0.25, -0.2) is 0 Å². The molecule has 1 aromatic heterocycles. The molecule has 6 heteroatoms. The van der Waals surface area contributed by atoms with Crippen molar-refractivity contribution < 1.29 is 4.52 Å². The first-order chi connectivity index (χ1) is 9.69. The Morgan fingerprint density at radius 2 is 1.85 bits per heavy atom. The summed E-state index contributed by atoms with van der Waals surface area (Å²) in [6, 6.07) is 0. The maximum absolute atomic E-state index is 6.55. The van der Waals surface area contributed by atoms with E-state index in [1.165, 1.54) is 31.4 Å². The van der Waals surface area contributed by atoms with Crippen molar-refractivity contribution in [2.75, 3.05) is 11.5 Å². The van der Waals surface area contributed by atoms with Gasteiger partial charge in [0.1, 0.15) is 0 Å². The lowest BCUT2D eigenvalue weighted by molar-refractivity contribution is 0.256. The lowest BCUT2D eigenvalue weighted by atomic mass is 9.91. The van der Waals surface area contributed by atoms with Gasteiger partial charge in [0, 0.05) is 16.8 Å². The van der Waals surface area contributed by atoms with Gasteiger partial charge in [-0.05, 0) is 12.8 Å². The predicted molar refractivity (Wildman–Crippen MR) is 85.0 cm³/mol. The highest BCUT2D eigenvalue weighted by molar-refractivity contribution is 8.06. The number of thioether (sulfide) groups is 2. The Morgan fingerprint density at radius 1 is 1.15 bits per heavy atom. The fraction of sp³-hybridized carbons (Fsp3) is 0.857. The van der Waals surface area contributed by atoms with Crippen molar-refractivity contribution in [3.8, 4) is 0 Å². The summed E-state index contributed by atoms with van der Waals surface area (Å²) in [4.78, 5) is 4.68. The van der Waals surface area contributed by atoms with Crippen LogP contribution >= 0.6 is 23.5 Å². The first-order valence-corrected chi connectivity index (χ1v) is 9.65. The van der Waals surface area contributed by atoms with Gasteiger partial charge < -0.3 is 10.3 Å². The first kappa shape index (κ1) is 14.7. The number of nitrogens with zero attached hydrogens (tertiary/aromatic N) is 2. The summed E-state index contributed by atoms with van der Waals surface area (Å²) < 4.78 is 5.56. The Morgan fingerprint density at radius 3 is 2.55 bits per heavy atom. The summed E-state index contributed by atoms with van der Waals surface area (Å²) in [7, 11) is 0. The van der Waals surface area contributed by atoms with E-state index in [0.29, 0.717) is 16.4 Å². The van der Waals surface area contributed by atoms with Crippen LogP contribution in [0.15, 0.2) is 4.52 Å². The molecular weight excluding hydrogens is 290 g/mol. The summed E-state index contributed by atoms with van der Waals surface area (Å²) in [6.07, 6.45) is 6.81. The van der Waals surface area contributed by atoms with E-state index >= 15 is 0 Å². The molecule has 0 radical (unpaired) electrons. The predicted octanol–water partition coefficient (Wildman–Crippen LogP) is 3.49. The van der Waals surface area contributed by atoms with Gasteiger partial charge in [0.25, 0.3) is 0 Å². The molecule has 1 saturated heterocycles. The lowest BCUT2D eigenvalue weighted by Gasteiger charge is -2.25. The Labute approximate surface area is 129 Å². The second kappa shape index (κ2) is 6.28. The zero-order chi connectivity index (χ0) is 14.0. The molecule has 20 heavy (non-hydrogen) atoms. The van der Waals surface area contributed by atoms with Gasteiger partial charge in [0.2, 0.25) is 5.89 Å². The molecule has 1 saturated carbocycles. The minimum absolute atomic E-state index is 0.348. The monoisotopic (exact) mass is 313 g/mol. The molecule has 2 fully saturated rings. The molecular formula is C14H23N3OS2. The number of aromatic nitrogens is 2. The van der Waals surface area contributed by atoms with Crippen LogP contribution in [-0.2, 0) is 5.54 Å². The largest absolute Gasteiger partial charge is 0.337 e. The van der Waals surface area contributed by atoms with Crippen molar-refractivity contribution >= 4 is 23.5 Å². The Kier molecular flexibility index (Phi) is 4.62. The fourth-order valence-corrected chi connectivity index (χ4v) is 5.72. The molecule has 2 aliphatic rings. The highest BCUT2D eigenvalue weighted by Gasteiger charge is 2.36. The molecule has 0 amide bonds. The zero-order valence-electron chi connectivity index (χ0n) is 12.0. The topological polar surface area (TPSA) is 64.9 Å². The van der Waals surface area contributed by atoms with Crippen molar-refractivity contribution in [2.45, 2.75) is 61.5 Å². The van der Waals surface area contributed by atoms with Gasteiger partial charge in [-0.15, -0.1) is 11.8 Å². The summed E-state index contributed by atoms with van der Waals surface area (Å²) >= 11 is 3.94. The minimum atomic E-state index is -0.391. The molecule has 3 rings (SSSR count). The molecule has 1 aliphatic carbocycles. The summed E-state index contributed by atoms with van der Waals surface area (Å²) in [6.45, 7) is 2.25. The summed E-state index contributed by atoms with van der Waals surface area (Å²) in [5.74, 6) is 3.89. The molecule has 1 aliphatic heterocycles. The smallest absolute Gasteiger partial charge is 0.246 e. The minimum Gasteiger partial charge on any atom is -0.337 e. The number of rotatable bonds is 2. The van der Waals surface area contributed by atoms with Gasteiger partial charge in [0.15, 0.2) is 5.82 Å². The maximum Gasteiger partial charge on any atom is 0.246 e. The summed E-state index contributed by atoms with van der Waals surface area (Å²) in [5, 5.41) is 5.13. The molecule has 4 nitrogen and oxygen atoms in total. The second-order valence-corrected chi connectivity index (χ2v) is 8.63. The third-order valence-electron chi connectivity index (χ3n) is 4.31. The SMILES string of the molecule is CC1SCCSC1c1noc(C2(N)CCCCCC2)n1. The first-order valence-electron chi connectivity index (χ1n) is 7.55. The van der Waals surface area contributed by atoms with E-state index in [0.717, 1.165) is 24.4 Å². The average Bonchev–Trinajstić information content (AvgIpc) is 2.84. The van der Waals surface area contributed by atoms with E-state index < -0.39 is 5.54 Å². The van der Waals surface area contributed by atoms with Crippen LogP contribution < -0.4 is 5.73 Å². The van der Waals surface area contributed by atoms with Crippen molar-refractivity contribution in [1.29, 1.82) is 0 Å². The van der Waals surface area contributed by atoms with Crippen molar-refractivity contribution in [2.24, 2.45) is 5.73 Å². The van der Waals surface area contributed by atoms with Crippen LogP contribution in [0.3, 0.4) is 0 Å². The number of hydrogen-bond donors (Lipinski definition) is 1. The van der Waals surface area contributed by atoms with Crippen molar-refractivity contribution in [1.82, 2.24) is 10.1 Å². The normalized spacial score (nSPS) is 30.9. The molecule has 2 unspecified atom stereocenters. The van der Waals surface area contributed by atoms with E-state index in [4.69, 9.17) is 10.3 Å². The lowest BCUT2D eigenvalue weighted by Crippen LogP contribution is -2.36. The Hall–Kier alpha value is -0.200. The van der Waals surface area contributed by atoms with Crippen LogP contribution in [0.25, 0.3) is 0 Å². The molecule has 0 aromatic carbocycles. The average molecular weight is 313 g/mol. The molecule has 2 heterocycles. The Bertz CT molecular complexity index is 443. The van der Waals surface area contributed by atoms with Crippen LogP contribution in [-0.4, -0.2) is 26.9 Å². The van der Waals surface area contributed by atoms with E-state index in [1.54, 1.807) is 0 Å². The Balaban J connectivity index is 1.78. The molecule has 0 bridgehead atoms. The van der Waals surface area contributed by atoms with Crippen molar-refractivity contribution in [3.63, 3.8) is 0 Å². The molecule has 2 N–H and O–H groups in total. The van der Waals surface area contributed by atoms with Gasteiger partial charge in [0.05, 0.1) is 10.8 Å². The van der Waals surface area contributed by atoms with Gasteiger partial charge in [-0.1, -0.05) is 37.8 Å². The third kappa shape index (κ3) is 3.02. The summed E-state index contributed by atoms with van der Waals surface area (Å²) in [5.41, 5.74) is 6.16. The van der Waals surface area contributed by atoms with Crippen LogP contribution in [0, 0.1) is 0 Å².